The summed E-state index contributed by atoms with van der Waals surface area (Å²) in [5, 5.41) is 0. The van der Waals surface area contributed by atoms with Gasteiger partial charge in [-0.1, -0.05) is 30.9 Å². The lowest BCUT2D eigenvalue weighted by molar-refractivity contribution is 1.19. The molecule has 0 saturated heterocycles. The first-order chi connectivity index (χ1) is 7.19. The Labute approximate surface area is 89.7 Å². The second kappa shape index (κ2) is 5.15. The van der Waals surface area contributed by atoms with Crippen molar-refractivity contribution < 1.29 is 0 Å². The molecule has 78 valence electrons. The summed E-state index contributed by atoms with van der Waals surface area (Å²) in [6.45, 7) is 7.63. The van der Waals surface area contributed by atoms with E-state index in [4.69, 9.17) is 0 Å². The van der Waals surface area contributed by atoms with Crippen LogP contribution in [0, 0.1) is 6.92 Å². The van der Waals surface area contributed by atoms with E-state index in [2.05, 4.69) is 11.6 Å². The number of allylic oxidation sites excluding steroid dienone is 5. The van der Waals surface area contributed by atoms with Crippen molar-refractivity contribution in [1.82, 2.24) is 4.98 Å². The predicted molar refractivity (Wildman–Crippen MR) is 64.8 cm³/mol. The van der Waals surface area contributed by atoms with E-state index < -0.39 is 0 Å². The van der Waals surface area contributed by atoms with Gasteiger partial charge in [0.1, 0.15) is 0 Å². The topological polar surface area (TPSA) is 32.9 Å². The van der Waals surface area contributed by atoms with Crippen LogP contribution in [0.3, 0.4) is 0 Å². The largest absolute Gasteiger partial charge is 0.328 e. The highest BCUT2D eigenvalue weighted by atomic mass is 16.1. The van der Waals surface area contributed by atoms with Gasteiger partial charge in [0.05, 0.1) is 0 Å². The number of hydrogen-bond acceptors (Lipinski definition) is 1. The zero-order valence-corrected chi connectivity index (χ0v) is 9.08. The lowest BCUT2D eigenvalue weighted by Crippen LogP contribution is -2.05. The molecule has 0 aliphatic rings. The number of nitrogens with one attached hydrogen (secondary N) is 1. The lowest BCUT2D eigenvalue weighted by atomic mass is 10.0. The van der Waals surface area contributed by atoms with Gasteiger partial charge in [0, 0.05) is 17.8 Å². The molecule has 0 aliphatic heterocycles. The molecule has 0 amide bonds. The Bertz CT molecular complexity index is 464. The molecule has 1 rings (SSSR count). The molecule has 0 bridgehead atoms. The van der Waals surface area contributed by atoms with Crippen LogP contribution in [0.25, 0.3) is 5.57 Å². The summed E-state index contributed by atoms with van der Waals surface area (Å²) in [4.78, 5) is 13.7. The van der Waals surface area contributed by atoms with E-state index in [0.717, 1.165) is 16.7 Å². The molecular formula is C13H15NO. The Kier molecular flexibility index (Phi) is 3.86. The molecule has 0 radical (unpaired) electrons. The monoisotopic (exact) mass is 201 g/mol. The number of pyridine rings is 1. The first-order valence-corrected chi connectivity index (χ1v) is 4.84. The molecule has 0 atom stereocenters. The third-order valence-electron chi connectivity index (χ3n) is 2.13. The smallest absolute Gasteiger partial charge is 0.248 e. The van der Waals surface area contributed by atoms with E-state index in [-0.39, 0.29) is 5.56 Å². The number of aromatic nitrogens is 1. The van der Waals surface area contributed by atoms with Crippen LogP contribution in [0.15, 0.2) is 47.9 Å². The molecule has 15 heavy (non-hydrogen) atoms. The Morgan fingerprint density at radius 2 is 2.27 bits per heavy atom. The molecule has 1 aromatic rings. The van der Waals surface area contributed by atoms with Crippen molar-refractivity contribution in [3.05, 3.63) is 64.6 Å². The Morgan fingerprint density at radius 3 is 2.80 bits per heavy atom. The minimum atomic E-state index is -0.0781. The molecule has 0 spiro atoms. The number of aryl methyl sites for hydroxylation is 1. The zero-order valence-electron chi connectivity index (χ0n) is 9.08. The predicted octanol–water partition coefficient (Wildman–Crippen LogP) is 2.83. The minimum Gasteiger partial charge on any atom is -0.328 e. The van der Waals surface area contributed by atoms with E-state index in [0.29, 0.717) is 0 Å². The quantitative estimate of drug-likeness (QED) is 0.749. The van der Waals surface area contributed by atoms with Crippen molar-refractivity contribution in [2.24, 2.45) is 0 Å². The van der Waals surface area contributed by atoms with Gasteiger partial charge in [-0.3, -0.25) is 4.79 Å². The van der Waals surface area contributed by atoms with Gasteiger partial charge in [-0.05, 0) is 25.0 Å². The van der Waals surface area contributed by atoms with Crippen LogP contribution >= 0.6 is 0 Å². The summed E-state index contributed by atoms with van der Waals surface area (Å²) in [6.07, 6.45) is 9.36. The molecule has 1 aromatic heterocycles. The summed E-state index contributed by atoms with van der Waals surface area (Å²) in [5.41, 5.74) is 2.88. The van der Waals surface area contributed by atoms with Crippen LogP contribution in [-0.2, 0) is 0 Å². The second-order valence-corrected chi connectivity index (χ2v) is 3.25. The van der Waals surface area contributed by atoms with E-state index in [1.807, 2.05) is 32.1 Å². The molecule has 2 heteroatoms. The van der Waals surface area contributed by atoms with Crippen molar-refractivity contribution in [2.75, 3.05) is 0 Å². The maximum atomic E-state index is 11.1. The Morgan fingerprint density at radius 1 is 1.53 bits per heavy atom. The van der Waals surface area contributed by atoms with Gasteiger partial charge < -0.3 is 4.98 Å². The van der Waals surface area contributed by atoms with Gasteiger partial charge in [0.2, 0.25) is 5.56 Å². The molecular weight excluding hydrogens is 186 g/mol. The summed E-state index contributed by atoms with van der Waals surface area (Å²) in [5.74, 6) is 0. The van der Waals surface area contributed by atoms with Crippen molar-refractivity contribution >= 4 is 5.57 Å². The molecule has 0 saturated carbocycles. The fourth-order valence-electron chi connectivity index (χ4n) is 1.35. The van der Waals surface area contributed by atoms with Crippen LogP contribution in [0.2, 0.25) is 0 Å². The van der Waals surface area contributed by atoms with E-state index in [1.54, 1.807) is 18.3 Å². The molecule has 0 unspecified atom stereocenters. The van der Waals surface area contributed by atoms with E-state index >= 15 is 0 Å². The second-order valence-electron chi connectivity index (χ2n) is 3.25. The summed E-state index contributed by atoms with van der Waals surface area (Å²) < 4.78 is 0. The van der Waals surface area contributed by atoms with Crippen LogP contribution < -0.4 is 5.56 Å². The maximum Gasteiger partial charge on any atom is 0.248 e. The Balaban J connectivity index is 3.24. The van der Waals surface area contributed by atoms with Crippen molar-refractivity contribution in [3.63, 3.8) is 0 Å². The number of H-pyrrole nitrogens is 1. The van der Waals surface area contributed by atoms with Gasteiger partial charge in [0.15, 0.2) is 0 Å². The summed E-state index contributed by atoms with van der Waals surface area (Å²) >= 11 is 0. The standard InChI is InChI=1S/C13H15NO/c1-4-6-7-11(5-2)12-9-14-13(15)8-10(12)3/h4-9H,2H2,1,3H3,(H,14,15)/b6-4-,11-7+. The maximum absolute atomic E-state index is 11.1. The average Bonchev–Trinajstić information content (AvgIpc) is 2.21. The third kappa shape index (κ3) is 2.81. The first-order valence-electron chi connectivity index (χ1n) is 4.84. The SMILES string of the molecule is C=C/C(=C\C=C/C)c1c[nH]c(=O)cc1C. The molecule has 0 aliphatic carbocycles. The third-order valence-corrected chi connectivity index (χ3v) is 2.13. The minimum absolute atomic E-state index is 0.0781. The zero-order chi connectivity index (χ0) is 11.3. The lowest BCUT2D eigenvalue weighted by Gasteiger charge is -2.04. The number of aromatic amines is 1. The normalized spacial score (nSPS) is 12.0. The van der Waals surface area contributed by atoms with Crippen LogP contribution in [0.1, 0.15) is 18.1 Å². The van der Waals surface area contributed by atoms with Crippen molar-refractivity contribution in [3.8, 4) is 0 Å². The molecule has 1 N–H and O–H groups in total. The van der Waals surface area contributed by atoms with Gasteiger partial charge in [-0.25, -0.2) is 0 Å². The highest BCUT2D eigenvalue weighted by Crippen LogP contribution is 2.17. The fraction of sp³-hybridized carbons (Fsp3) is 0.154. The number of hydrogen-bond donors (Lipinski definition) is 1. The van der Waals surface area contributed by atoms with Crippen LogP contribution in [0.4, 0.5) is 0 Å². The van der Waals surface area contributed by atoms with Gasteiger partial charge in [0.25, 0.3) is 0 Å². The molecule has 2 nitrogen and oxygen atoms in total. The Hall–Kier alpha value is -1.83. The van der Waals surface area contributed by atoms with Gasteiger partial charge in [-0.15, -0.1) is 0 Å². The van der Waals surface area contributed by atoms with E-state index in [1.165, 1.54) is 0 Å². The highest BCUT2D eigenvalue weighted by Gasteiger charge is 2.01. The van der Waals surface area contributed by atoms with Crippen molar-refractivity contribution in [2.45, 2.75) is 13.8 Å². The summed E-state index contributed by atoms with van der Waals surface area (Å²) in [7, 11) is 0. The molecule has 0 fully saturated rings. The van der Waals surface area contributed by atoms with Gasteiger partial charge in [-0.2, -0.15) is 0 Å². The van der Waals surface area contributed by atoms with Crippen molar-refractivity contribution in [1.29, 1.82) is 0 Å². The summed E-state index contributed by atoms with van der Waals surface area (Å²) in [6, 6.07) is 1.59. The molecule has 1 heterocycles. The fourth-order valence-corrected chi connectivity index (χ4v) is 1.35. The highest BCUT2D eigenvalue weighted by molar-refractivity contribution is 5.75. The average molecular weight is 201 g/mol. The number of rotatable bonds is 3. The van der Waals surface area contributed by atoms with Crippen LogP contribution in [0.5, 0.6) is 0 Å². The first kappa shape index (κ1) is 11.2. The van der Waals surface area contributed by atoms with Crippen LogP contribution in [-0.4, -0.2) is 4.98 Å². The van der Waals surface area contributed by atoms with E-state index in [9.17, 15) is 4.79 Å². The van der Waals surface area contributed by atoms with Gasteiger partial charge >= 0.3 is 0 Å². The molecule has 0 aromatic carbocycles.